The molecule has 0 aliphatic heterocycles. The summed E-state index contributed by atoms with van der Waals surface area (Å²) >= 11 is 0. The molecule has 0 aromatic heterocycles. The van der Waals surface area contributed by atoms with Crippen LogP contribution in [0.2, 0.25) is 0 Å². The number of aliphatic hydroxyl groups excluding tert-OH is 1. The number of amides is 1. The van der Waals surface area contributed by atoms with Crippen LogP contribution in [0, 0.1) is 0 Å². The van der Waals surface area contributed by atoms with Crippen molar-refractivity contribution in [3.8, 4) is 11.5 Å². The maximum absolute atomic E-state index is 12.0. The van der Waals surface area contributed by atoms with Crippen LogP contribution in [0.25, 0.3) is 0 Å². The van der Waals surface area contributed by atoms with E-state index in [1.807, 2.05) is 0 Å². The molecule has 1 rings (SSSR count). The van der Waals surface area contributed by atoms with E-state index < -0.39 is 24.0 Å². The fraction of sp³-hybridized carbons (Fsp3) is 0.385. The summed E-state index contributed by atoms with van der Waals surface area (Å²) in [5.74, 6) is -1.16. The topological polar surface area (TPSA) is 105 Å². The van der Waals surface area contributed by atoms with Crippen molar-refractivity contribution in [1.29, 1.82) is 0 Å². The van der Waals surface area contributed by atoms with E-state index in [1.54, 1.807) is 6.07 Å². The largest absolute Gasteiger partial charge is 0.497 e. The molecule has 0 bridgehead atoms. The van der Waals surface area contributed by atoms with Gasteiger partial charge in [0.15, 0.2) is 6.04 Å². The average molecular weight is 283 g/mol. The molecule has 0 radical (unpaired) electrons. The minimum atomic E-state index is -1.39. The highest BCUT2D eigenvalue weighted by molar-refractivity contribution is 5.97. The Morgan fingerprint density at radius 3 is 2.00 bits per heavy atom. The molecule has 0 aliphatic rings. The second-order valence-corrected chi connectivity index (χ2v) is 4.13. The Morgan fingerprint density at radius 1 is 1.15 bits per heavy atom. The van der Waals surface area contributed by atoms with E-state index in [0.29, 0.717) is 11.5 Å². The minimum absolute atomic E-state index is 0.174. The summed E-state index contributed by atoms with van der Waals surface area (Å²) in [5.41, 5.74) is 0.174. The molecule has 7 heteroatoms. The number of ether oxygens (including phenoxy) is 2. The molecule has 0 saturated carbocycles. The van der Waals surface area contributed by atoms with Gasteiger partial charge in [-0.05, 0) is 19.1 Å². The number of benzene rings is 1. The fourth-order valence-electron chi connectivity index (χ4n) is 1.55. The molecule has 0 saturated heterocycles. The van der Waals surface area contributed by atoms with Gasteiger partial charge in [-0.1, -0.05) is 0 Å². The number of carboxylic acid groups (broad SMARTS) is 1. The Hall–Kier alpha value is -2.28. The molecule has 7 nitrogen and oxygen atoms in total. The third-order valence-electron chi connectivity index (χ3n) is 2.65. The number of aliphatic carboxylic acids is 1. The molecule has 1 aromatic carbocycles. The molecule has 110 valence electrons. The van der Waals surface area contributed by atoms with Crippen LogP contribution in [0.5, 0.6) is 11.5 Å². The smallest absolute Gasteiger partial charge is 0.328 e. The lowest BCUT2D eigenvalue weighted by molar-refractivity contribution is -0.141. The molecule has 0 unspecified atom stereocenters. The fourth-order valence-corrected chi connectivity index (χ4v) is 1.55. The first kappa shape index (κ1) is 15.8. The first-order chi connectivity index (χ1) is 9.38. The van der Waals surface area contributed by atoms with Crippen LogP contribution in [0.1, 0.15) is 17.3 Å². The van der Waals surface area contributed by atoms with E-state index in [4.69, 9.17) is 14.6 Å². The van der Waals surface area contributed by atoms with Gasteiger partial charge < -0.3 is 25.0 Å². The number of nitrogens with one attached hydrogen (secondary N) is 1. The Kier molecular flexibility index (Phi) is 5.33. The molecule has 1 aromatic rings. The summed E-state index contributed by atoms with van der Waals surface area (Å²) in [7, 11) is 2.87. The quantitative estimate of drug-likeness (QED) is 0.692. The third-order valence-corrected chi connectivity index (χ3v) is 2.65. The van der Waals surface area contributed by atoms with Crippen LogP contribution in [-0.2, 0) is 4.79 Å². The highest BCUT2D eigenvalue weighted by atomic mass is 16.5. The van der Waals surface area contributed by atoms with Crippen molar-refractivity contribution >= 4 is 11.9 Å². The molecule has 3 N–H and O–H groups in total. The van der Waals surface area contributed by atoms with Crippen LogP contribution < -0.4 is 14.8 Å². The van der Waals surface area contributed by atoms with Gasteiger partial charge in [0.1, 0.15) is 11.5 Å². The first-order valence-corrected chi connectivity index (χ1v) is 5.83. The van der Waals surface area contributed by atoms with Crippen LogP contribution in [0.3, 0.4) is 0 Å². The molecule has 0 fully saturated rings. The Balaban J connectivity index is 2.99. The van der Waals surface area contributed by atoms with E-state index in [0.717, 1.165) is 0 Å². The second-order valence-electron chi connectivity index (χ2n) is 4.13. The molecule has 0 aliphatic carbocycles. The van der Waals surface area contributed by atoms with Gasteiger partial charge in [0.05, 0.1) is 20.3 Å². The molecular weight excluding hydrogens is 266 g/mol. The highest BCUT2D eigenvalue weighted by Crippen LogP contribution is 2.22. The number of carbonyl (C=O) groups is 2. The summed E-state index contributed by atoms with van der Waals surface area (Å²) in [5, 5.41) is 20.5. The van der Waals surface area contributed by atoms with Crippen LogP contribution in [0.15, 0.2) is 18.2 Å². The lowest BCUT2D eigenvalue weighted by atomic mass is 10.1. The van der Waals surface area contributed by atoms with E-state index >= 15 is 0 Å². The molecule has 1 amide bonds. The van der Waals surface area contributed by atoms with E-state index in [-0.39, 0.29) is 5.56 Å². The number of hydrogen-bond donors (Lipinski definition) is 3. The van der Waals surface area contributed by atoms with Crippen molar-refractivity contribution in [3.05, 3.63) is 23.8 Å². The maximum atomic E-state index is 12.0. The number of aliphatic hydroxyl groups is 1. The predicted octanol–water partition coefficient (Wildman–Crippen LogP) is 0.268. The Morgan fingerprint density at radius 2 is 1.65 bits per heavy atom. The van der Waals surface area contributed by atoms with Gasteiger partial charge in [0.2, 0.25) is 0 Å². The number of carboxylic acids is 1. The molecule has 0 heterocycles. The third kappa shape index (κ3) is 3.86. The minimum Gasteiger partial charge on any atom is -0.497 e. The Bertz CT molecular complexity index is 477. The zero-order chi connectivity index (χ0) is 15.3. The zero-order valence-corrected chi connectivity index (χ0v) is 11.4. The van der Waals surface area contributed by atoms with Crippen molar-refractivity contribution < 1.29 is 29.3 Å². The zero-order valence-electron chi connectivity index (χ0n) is 11.4. The van der Waals surface area contributed by atoms with E-state index in [1.165, 1.54) is 33.3 Å². The van der Waals surface area contributed by atoms with Gasteiger partial charge in [-0.15, -0.1) is 0 Å². The SMILES string of the molecule is COc1cc(OC)cc(C(=O)N[C@H](C(=O)O)[C@@H](C)O)c1. The van der Waals surface area contributed by atoms with Crippen molar-refractivity contribution in [2.24, 2.45) is 0 Å². The highest BCUT2D eigenvalue weighted by Gasteiger charge is 2.25. The molecule has 0 spiro atoms. The van der Waals surface area contributed by atoms with Gasteiger partial charge in [-0.3, -0.25) is 4.79 Å². The second kappa shape index (κ2) is 6.76. The van der Waals surface area contributed by atoms with Crippen LogP contribution in [0.4, 0.5) is 0 Å². The lowest BCUT2D eigenvalue weighted by Gasteiger charge is -2.17. The molecular formula is C13H17NO6. The molecule has 2 atom stereocenters. The normalized spacial score (nSPS) is 13.2. The predicted molar refractivity (Wildman–Crippen MR) is 70.1 cm³/mol. The van der Waals surface area contributed by atoms with Gasteiger partial charge in [-0.25, -0.2) is 4.79 Å². The Labute approximate surface area is 116 Å². The number of carbonyl (C=O) groups excluding carboxylic acids is 1. The van der Waals surface area contributed by atoms with Gasteiger partial charge in [0.25, 0.3) is 5.91 Å². The van der Waals surface area contributed by atoms with Crippen LogP contribution in [-0.4, -0.2) is 48.5 Å². The average Bonchev–Trinajstić information content (AvgIpc) is 2.42. The summed E-state index contributed by atoms with van der Waals surface area (Å²) in [6, 6.07) is 3.08. The van der Waals surface area contributed by atoms with E-state index in [2.05, 4.69) is 5.32 Å². The van der Waals surface area contributed by atoms with Gasteiger partial charge in [-0.2, -0.15) is 0 Å². The van der Waals surface area contributed by atoms with Crippen molar-refractivity contribution in [1.82, 2.24) is 5.32 Å². The summed E-state index contributed by atoms with van der Waals surface area (Å²) in [6.45, 7) is 1.28. The standard InChI is InChI=1S/C13H17NO6/c1-7(15)11(13(17)18)14-12(16)8-4-9(19-2)6-10(5-8)20-3/h4-7,11,15H,1-3H3,(H,14,16)(H,17,18)/t7-,11+/m1/s1. The van der Waals surface area contributed by atoms with Crippen molar-refractivity contribution in [3.63, 3.8) is 0 Å². The summed E-state index contributed by atoms with van der Waals surface area (Å²) < 4.78 is 10.0. The number of rotatable bonds is 6. The van der Waals surface area contributed by atoms with Crippen molar-refractivity contribution in [2.75, 3.05) is 14.2 Å². The van der Waals surface area contributed by atoms with Gasteiger partial charge >= 0.3 is 5.97 Å². The van der Waals surface area contributed by atoms with Crippen molar-refractivity contribution in [2.45, 2.75) is 19.1 Å². The number of hydrogen-bond acceptors (Lipinski definition) is 5. The molecule has 20 heavy (non-hydrogen) atoms. The number of methoxy groups -OCH3 is 2. The van der Waals surface area contributed by atoms with Gasteiger partial charge in [0, 0.05) is 11.6 Å². The first-order valence-electron chi connectivity index (χ1n) is 5.83. The van der Waals surface area contributed by atoms with E-state index in [9.17, 15) is 14.7 Å². The summed E-state index contributed by atoms with van der Waals surface area (Å²) in [6.07, 6.45) is -1.22. The van der Waals surface area contributed by atoms with Crippen LogP contribution >= 0.6 is 0 Å². The lowest BCUT2D eigenvalue weighted by Crippen LogP contribution is -2.47. The monoisotopic (exact) mass is 283 g/mol. The maximum Gasteiger partial charge on any atom is 0.328 e. The summed E-state index contributed by atoms with van der Waals surface area (Å²) in [4.78, 5) is 22.9.